The van der Waals surface area contributed by atoms with Gasteiger partial charge < -0.3 is 23.7 Å². The molecule has 5 rings (SSSR count). The van der Waals surface area contributed by atoms with Gasteiger partial charge in [-0.1, -0.05) is 19.9 Å². The van der Waals surface area contributed by atoms with Crippen molar-refractivity contribution >= 4 is 29.7 Å². The first-order chi connectivity index (χ1) is 20.1. The molecule has 0 amide bonds. The van der Waals surface area contributed by atoms with Crippen molar-refractivity contribution in [2.75, 3.05) is 6.61 Å². The minimum atomic E-state index is -2.03. The van der Waals surface area contributed by atoms with Crippen molar-refractivity contribution in [3.63, 3.8) is 0 Å². The van der Waals surface area contributed by atoms with Crippen LogP contribution in [-0.4, -0.2) is 70.3 Å². The molecule has 1 saturated heterocycles. The first-order valence-electron chi connectivity index (χ1n) is 14.6. The van der Waals surface area contributed by atoms with Crippen molar-refractivity contribution in [1.82, 2.24) is 4.98 Å². The van der Waals surface area contributed by atoms with E-state index in [9.17, 15) is 24.0 Å². The molecule has 1 aliphatic heterocycles. The van der Waals surface area contributed by atoms with Crippen molar-refractivity contribution in [2.45, 2.75) is 96.7 Å². The Balaban J connectivity index is 1.75. The van der Waals surface area contributed by atoms with Gasteiger partial charge in [0.05, 0.1) is 18.1 Å². The summed E-state index contributed by atoms with van der Waals surface area (Å²) in [5.74, 6) is -4.43. The fourth-order valence-electron chi connectivity index (χ4n) is 7.67. The Morgan fingerprint density at radius 3 is 2.21 bits per heavy atom. The topological polar surface area (TPSA) is 148 Å². The van der Waals surface area contributed by atoms with E-state index < -0.39 is 64.6 Å². The summed E-state index contributed by atoms with van der Waals surface area (Å²) in [6.07, 6.45) is 3.01. The molecule has 11 heteroatoms. The maximum Gasteiger partial charge on any atom is 0.340 e. The summed E-state index contributed by atoms with van der Waals surface area (Å²) in [6.45, 7) is 11.3. The monoisotopic (exact) mass is 597 g/mol. The third-order valence-electron chi connectivity index (χ3n) is 9.76. The van der Waals surface area contributed by atoms with Crippen LogP contribution in [0.3, 0.4) is 0 Å². The van der Waals surface area contributed by atoms with Gasteiger partial charge in [0.2, 0.25) is 5.78 Å². The van der Waals surface area contributed by atoms with Crippen molar-refractivity contribution < 1.29 is 47.7 Å². The summed E-state index contributed by atoms with van der Waals surface area (Å²) >= 11 is 0. The number of nitrogens with zero attached hydrogens (tertiary/aromatic N) is 1. The molecule has 43 heavy (non-hydrogen) atoms. The van der Waals surface area contributed by atoms with E-state index >= 15 is 0 Å². The normalized spacial score (nSPS) is 37.5. The van der Waals surface area contributed by atoms with Gasteiger partial charge >= 0.3 is 23.9 Å². The van der Waals surface area contributed by atoms with E-state index in [4.69, 9.17) is 23.7 Å². The number of carbonyl (C=O) groups excluding carboxylic acids is 5. The number of Topliss-reactive ketones (excluding diaryl/α,β-unsaturated/α-hetero) is 1. The molecule has 232 valence electrons. The van der Waals surface area contributed by atoms with Gasteiger partial charge in [-0.3, -0.25) is 24.2 Å². The first-order valence-corrected chi connectivity index (χ1v) is 14.6. The van der Waals surface area contributed by atoms with Crippen molar-refractivity contribution in [3.05, 3.63) is 41.7 Å². The third-order valence-corrected chi connectivity index (χ3v) is 9.76. The van der Waals surface area contributed by atoms with Crippen LogP contribution in [0.5, 0.6) is 0 Å². The predicted molar refractivity (Wildman–Crippen MR) is 149 cm³/mol. The molecule has 1 aromatic heterocycles. The number of carbonyl (C=O) groups is 5. The van der Waals surface area contributed by atoms with Crippen LogP contribution in [0.2, 0.25) is 0 Å². The number of allylic oxidation sites excluding steroid dienone is 1. The molecule has 0 N–H and O–H groups in total. The average Bonchev–Trinajstić information content (AvgIpc) is 3.77. The zero-order valence-electron chi connectivity index (χ0n) is 25.6. The minimum absolute atomic E-state index is 0.0779. The van der Waals surface area contributed by atoms with Crippen molar-refractivity contribution in [2.24, 2.45) is 23.2 Å². The highest BCUT2D eigenvalue weighted by molar-refractivity contribution is 6.03. The van der Waals surface area contributed by atoms with Gasteiger partial charge in [0.15, 0.2) is 17.3 Å². The van der Waals surface area contributed by atoms with Gasteiger partial charge in [-0.2, -0.15) is 0 Å². The number of ketones is 1. The molecule has 2 heterocycles. The first kappa shape index (κ1) is 30.8. The number of pyridine rings is 1. The van der Waals surface area contributed by atoms with E-state index in [0.717, 1.165) is 6.42 Å². The van der Waals surface area contributed by atoms with Crippen LogP contribution in [0.25, 0.3) is 0 Å². The lowest BCUT2D eigenvalue weighted by molar-refractivity contribution is -0.188. The molecule has 1 spiro atoms. The second-order valence-corrected chi connectivity index (χ2v) is 13.2. The van der Waals surface area contributed by atoms with Gasteiger partial charge in [-0.05, 0) is 61.6 Å². The summed E-state index contributed by atoms with van der Waals surface area (Å²) in [6, 6.07) is 3.07. The van der Waals surface area contributed by atoms with Gasteiger partial charge in [0.25, 0.3) is 0 Å². The summed E-state index contributed by atoms with van der Waals surface area (Å²) in [4.78, 5) is 70.3. The molecule has 0 bridgehead atoms. The number of ether oxygens (including phenoxy) is 5. The van der Waals surface area contributed by atoms with Crippen LogP contribution in [0.15, 0.2) is 36.2 Å². The van der Waals surface area contributed by atoms with E-state index in [2.05, 4.69) is 18.8 Å². The molecule has 0 radical (unpaired) electrons. The molecule has 8 atom stereocenters. The molecule has 11 nitrogen and oxygen atoms in total. The van der Waals surface area contributed by atoms with E-state index in [1.54, 1.807) is 13.0 Å². The Labute approximate surface area is 250 Å². The van der Waals surface area contributed by atoms with E-state index in [-0.39, 0.29) is 35.8 Å². The summed E-state index contributed by atoms with van der Waals surface area (Å²) in [5, 5.41) is 0. The molecule has 3 aliphatic carbocycles. The molecule has 1 aromatic rings. The standard InChI is InChI=1S/C32H39NO10/c1-17-13-23-22(29(23,5)6)10-11-31(16-39-31)27(40-18(2)34)24-26(41-28(38)21-9-8-12-33-14-21)30(7,42-19(3)35)15-32(24,25(17)37)43-20(4)36/h8-9,12-14,22-24,26-27H,10-11,15-16H2,1-7H3. The Kier molecular flexibility index (Phi) is 7.56. The van der Waals surface area contributed by atoms with Gasteiger partial charge in [-0.15, -0.1) is 0 Å². The van der Waals surface area contributed by atoms with E-state index in [1.807, 2.05) is 6.08 Å². The molecule has 3 fully saturated rings. The molecule has 8 unspecified atom stereocenters. The highest BCUT2D eigenvalue weighted by Gasteiger charge is 2.75. The average molecular weight is 598 g/mol. The van der Waals surface area contributed by atoms with Crippen LogP contribution in [-0.2, 0) is 42.9 Å². The number of aromatic nitrogens is 1. The Morgan fingerprint density at radius 1 is 0.977 bits per heavy atom. The Hall–Kier alpha value is -3.60. The lowest BCUT2D eigenvalue weighted by atomic mass is 9.74. The maximum atomic E-state index is 14.7. The van der Waals surface area contributed by atoms with Gasteiger partial charge in [0.1, 0.15) is 11.7 Å². The molecular formula is C32H39NO10. The fourth-order valence-corrected chi connectivity index (χ4v) is 7.67. The number of hydrogen-bond acceptors (Lipinski definition) is 11. The van der Waals surface area contributed by atoms with Crippen LogP contribution in [0.1, 0.15) is 78.1 Å². The summed E-state index contributed by atoms with van der Waals surface area (Å²) in [5.41, 5.74) is -4.35. The second kappa shape index (κ2) is 10.5. The lowest BCUT2D eigenvalue weighted by Gasteiger charge is -2.41. The number of fused-ring (bicyclic) bond motifs is 2. The second-order valence-electron chi connectivity index (χ2n) is 13.2. The molecule has 0 aromatic carbocycles. The highest BCUT2D eigenvalue weighted by Crippen LogP contribution is 2.64. The predicted octanol–water partition coefficient (Wildman–Crippen LogP) is 3.53. The number of rotatable bonds is 5. The van der Waals surface area contributed by atoms with E-state index in [0.29, 0.717) is 12.0 Å². The lowest BCUT2D eigenvalue weighted by Crippen LogP contribution is -2.58. The zero-order valence-corrected chi connectivity index (χ0v) is 25.6. The zero-order chi connectivity index (χ0) is 31.5. The molecule has 4 aliphatic rings. The Morgan fingerprint density at radius 2 is 1.65 bits per heavy atom. The van der Waals surface area contributed by atoms with Gasteiger partial charge in [0, 0.05) is 39.6 Å². The van der Waals surface area contributed by atoms with Crippen LogP contribution in [0, 0.1) is 23.2 Å². The number of hydrogen-bond donors (Lipinski definition) is 0. The Bertz CT molecular complexity index is 1380. The SMILES string of the molecule is CC(=O)OC1C2C(OC(=O)c3cccnc3)C(C)(OC(C)=O)CC2(OC(C)=O)C(=O)C(C)=CC2C(CCC13CO3)C2(C)C. The smallest absolute Gasteiger partial charge is 0.340 e. The summed E-state index contributed by atoms with van der Waals surface area (Å²) in [7, 11) is 0. The van der Waals surface area contributed by atoms with Crippen LogP contribution in [0.4, 0.5) is 0 Å². The van der Waals surface area contributed by atoms with Crippen LogP contribution >= 0.6 is 0 Å². The van der Waals surface area contributed by atoms with Gasteiger partial charge in [-0.25, -0.2) is 4.79 Å². The highest BCUT2D eigenvalue weighted by atomic mass is 16.6. The molecule has 2 saturated carbocycles. The van der Waals surface area contributed by atoms with Crippen molar-refractivity contribution in [3.8, 4) is 0 Å². The number of epoxide rings is 1. The third kappa shape index (κ3) is 5.36. The quantitative estimate of drug-likeness (QED) is 0.279. The fraction of sp³-hybridized carbons (Fsp3) is 0.625. The summed E-state index contributed by atoms with van der Waals surface area (Å²) < 4.78 is 30.0. The minimum Gasteiger partial charge on any atom is -0.459 e. The van der Waals surface area contributed by atoms with Crippen molar-refractivity contribution in [1.29, 1.82) is 0 Å². The van der Waals surface area contributed by atoms with E-state index in [1.165, 1.54) is 46.2 Å². The maximum absolute atomic E-state index is 14.7. The molecular weight excluding hydrogens is 558 g/mol. The largest absolute Gasteiger partial charge is 0.459 e. The van der Waals surface area contributed by atoms with Crippen LogP contribution < -0.4 is 0 Å². The number of esters is 4.